The van der Waals surface area contributed by atoms with Crippen molar-refractivity contribution in [2.24, 2.45) is 0 Å². The number of carbonyl (C=O) groups is 2. The van der Waals surface area contributed by atoms with Gasteiger partial charge in [-0.05, 0) is 48.9 Å². The molecule has 0 saturated carbocycles. The van der Waals surface area contributed by atoms with E-state index in [0.29, 0.717) is 18.8 Å². The van der Waals surface area contributed by atoms with E-state index in [1.54, 1.807) is 6.07 Å². The fourth-order valence-electron chi connectivity index (χ4n) is 3.39. The summed E-state index contributed by atoms with van der Waals surface area (Å²) in [7, 11) is 2.96. The number of amides is 1. The van der Waals surface area contributed by atoms with E-state index in [1.807, 2.05) is 6.07 Å². The average molecular weight is 493 g/mol. The van der Waals surface area contributed by atoms with Gasteiger partial charge in [0.25, 0.3) is 11.5 Å². The third-order valence-corrected chi connectivity index (χ3v) is 5.11. The Morgan fingerprint density at radius 3 is 2.64 bits per heavy atom. The van der Waals surface area contributed by atoms with Gasteiger partial charge in [0.1, 0.15) is 28.9 Å². The van der Waals surface area contributed by atoms with Crippen LogP contribution < -0.4 is 20.3 Å². The Kier molecular flexibility index (Phi) is 8.91. The van der Waals surface area contributed by atoms with Crippen LogP contribution in [0.2, 0.25) is 0 Å². The van der Waals surface area contributed by atoms with Crippen LogP contribution in [0, 0.1) is 17.1 Å². The molecule has 0 aliphatic carbocycles. The molecule has 1 N–H and O–H groups in total. The Balaban J connectivity index is 1.88. The molecular formula is C26H24FN3O6. The van der Waals surface area contributed by atoms with Crippen molar-refractivity contribution in [2.75, 3.05) is 32.8 Å². The van der Waals surface area contributed by atoms with Gasteiger partial charge in [0.2, 0.25) is 0 Å². The molecule has 0 aliphatic rings. The number of ether oxygens (including phenoxy) is 3. The first-order valence-electron chi connectivity index (χ1n) is 10.9. The van der Waals surface area contributed by atoms with E-state index in [1.165, 1.54) is 61.4 Å². The molecule has 0 aliphatic heterocycles. The molecule has 186 valence electrons. The predicted molar refractivity (Wildman–Crippen MR) is 129 cm³/mol. The number of aryl methyl sites for hydroxylation is 1. The average Bonchev–Trinajstić information content (AvgIpc) is 2.88. The minimum absolute atomic E-state index is 0.0684. The normalized spacial score (nSPS) is 10.4. The minimum atomic E-state index is -0.562. The summed E-state index contributed by atoms with van der Waals surface area (Å²) in [5, 5.41) is 11.9. The number of rotatable bonds is 11. The molecule has 1 heterocycles. The molecule has 1 aromatic heterocycles. The predicted octanol–water partition coefficient (Wildman–Crippen LogP) is 3.15. The molecule has 0 fully saturated rings. The van der Waals surface area contributed by atoms with Gasteiger partial charge in [-0.3, -0.25) is 14.4 Å². The highest BCUT2D eigenvalue weighted by Gasteiger charge is 2.20. The Morgan fingerprint density at radius 2 is 1.94 bits per heavy atom. The molecule has 0 atom stereocenters. The van der Waals surface area contributed by atoms with Gasteiger partial charge in [0, 0.05) is 37.7 Å². The first-order valence-corrected chi connectivity index (χ1v) is 10.9. The second-order valence-electron chi connectivity index (χ2n) is 7.64. The number of methoxy groups -OCH3 is 2. The van der Waals surface area contributed by atoms with Crippen LogP contribution in [0.1, 0.15) is 27.9 Å². The highest BCUT2D eigenvalue weighted by molar-refractivity contribution is 6.11. The maximum atomic E-state index is 13.4. The molecule has 3 aromatic rings. The fourth-order valence-corrected chi connectivity index (χ4v) is 3.39. The zero-order valence-corrected chi connectivity index (χ0v) is 19.7. The van der Waals surface area contributed by atoms with E-state index in [4.69, 9.17) is 14.2 Å². The van der Waals surface area contributed by atoms with Gasteiger partial charge in [-0.1, -0.05) is 6.07 Å². The van der Waals surface area contributed by atoms with E-state index in [2.05, 4.69) is 5.32 Å². The van der Waals surface area contributed by atoms with E-state index in [-0.39, 0.29) is 34.7 Å². The molecule has 0 unspecified atom stereocenters. The lowest BCUT2D eigenvalue weighted by atomic mass is 10.0. The van der Waals surface area contributed by atoms with Crippen LogP contribution in [0.5, 0.6) is 11.5 Å². The lowest BCUT2D eigenvalue weighted by Crippen LogP contribution is -2.25. The van der Waals surface area contributed by atoms with Crippen molar-refractivity contribution in [1.82, 2.24) is 4.57 Å². The molecule has 36 heavy (non-hydrogen) atoms. The van der Waals surface area contributed by atoms with E-state index >= 15 is 0 Å². The maximum absolute atomic E-state index is 13.4. The molecular weight excluding hydrogens is 469 g/mol. The summed E-state index contributed by atoms with van der Waals surface area (Å²) in [5.41, 5.74) is -0.279. The van der Waals surface area contributed by atoms with Gasteiger partial charge in [0.05, 0.1) is 12.7 Å². The number of nitrogens with one attached hydrogen (secondary N) is 1. The third-order valence-electron chi connectivity index (χ3n) is 5.11. The third kappa shape index (κ3) is 6.55. The van der Waals surface area contributed by atoms with Gasteiger partial charge < -0.3 is 24.1 Å². The molecule has 10 heteroatoms. The molecule has 0 bridgehead atoms. The number of hydrogen-bond donors (Lipinski definition) is 1. The number of halogens is 1. The maximum Gasteiger partial charge on any atom is 0.268 e. The minimum Gasteiger partial charge on any atom is -0.497 e. The summed E-state index contributed by atoms with van der Waals surface area (Å²) >= 11 is 0. The Bertz CT molecular complexity index is 1360. The van der Waals surface area contributed by atoms with E-state index in [9.17, 15) is 24.0 Å². The molecule has 2 aromatic carbocycles. The van der Waals surface area contributed by atoms with Crippen LogP contribution in [0.3, 0.4) is 0 Å². The number of nitrogens with zero attached hydrogens (tertiary/aromatic N) is 2. The molecule has 3 rings (SSSR count). The SMILES string of the molecule is COCCCn1cc(C(=O)c2cc(OC)ccc2OCC(=O)Nc2cccc(F)c2)cc(C#N)c1=O. The van der Waals surface area contributed by atoms with Crippen LogP contribution in [0.25, 0.3) is 0 Å². The lowest BCUT2D eigenvalue weighted by molar-refractivity contribution is -0.118. The van der Waals surface area contributed by atoms with E-state index in [0.717, 1.165) is 6.07 Å². The summed E-state index contributed by atoms with van der Waals surface area (Å²) in [6.45, 7) is 0.200. The highest BCUT2D eigenvalue weighted by atomic mass is 19.1. The second kappa shape index (κ2) is 12.3. The summed E-state index contributed by atoms with van der Waals surface area (Å²) in [4.78, 5) is 38.2. The number of anilines is 1. The van der Waals surface area contributed by atoms with Crippen molar-refractivity contribution in [2.45, 2.75) is 13.0 Å². The van der Waals surface area contributed by atoms with E-state index < -0.39 is 29.7 Å². The first kappa shape index (κ1) is 26.1. The van der Waals surface area contributed by atoms with Gasteiger partial charge >= 0.3 is 0 Å². The van der Waals surface area contributed by atoms with Crippen LogP contribution >= 0.6 is 0 Å². The zero-order chi connectivity index (χ0) is 26.1. The van der Waals surface area contributed by atoms with Crippen molar-refractivity contribution in [1.29, 1.82) is 5.26 Å². The van der Waals surface area contributed by atoms with Crippen LogP contribution in [-0.2, 0) is 16.1 Å². The fraction of sp³-hybridized carbons (Fsp3) is 0.231. The molecule has 9 nitrogen and oxygen atoms in total. The Labute approximate surface area is 206 Å². The molecule has 0 spiro atoms. The van der Waals surface area contributed by atoms with Crippen molar-refractivity contribution in [3.63, 3.8) is 0 Å². The second-order valence-corrected chi connectivity index (χ2v) is 7.64. The molecule has 1 amide bonds. The monoisotopic (exact) mass is 493 g/mol. The van der Waals surface area contributed by atoms with Crippen LogP contribution in [0.15, 0.2) is 59.5 Å². The van der Waals surface area contributed by atoms with Crippen LogP contribution in [0.4, 0.5) is 10.1 Å². The lowest BCUT2D eigenvalue weighted by Gasteiger charge is -2.14. The number of hydrogen-bond acceptors (Lipinski definition) is 7. The van der Waals surface area contributed by atoms with Crippen molar-refractivity contribution in [3.8, 4) is 17.6 Å². The summed E-state index contributed by atoms with van der Waals surface area (Å²) < 4.78 is 30.5. The Morgan fingerprint density at radius 1 is 1.14 bits per heavy atom. The number of pyridine rings is 1. The van der Waals surface area contributed by atoms with Gasteiger partial charge in [-0.2, -0.15) is 5.26 Å². The largest absolute Gasteiger partial charge is 0.497 e. The number of benzene rings is 2. The summed E-state index contributed by atoms with van der Waals surface area (Å²) in [5.74, 6) is -1.15. The van der Waals surface area contributed by atoms with Crippen molar-refractivity contribution in [3.05, 3.63) is 87.6 Å². The Hall–Kier alpha value is -4.49. The number of ketones is 1. The number of carbonyl (C=O) groups excluding carboxylic acids is 2. The van der Waals surface area contributed by atoms with Crippen LogP contribution in [-0.4, -0.2) is 43.7 Å². The molecule has 0 saturated heterocycles. The number of aromatic nitrogens is 1. The van der Waals surface area contributed by atoms with Gasteiger partial charge in [-0.25, -0.2) is 4.39 Å². The quantitative estimate of drug-likeness (QED) is 0.322. The number of nitriles is 1. The zero-order valence-electron chi connectivity index (χ0n) is 19.7. The topological polar surface area (TPSA) is 120 Å². The van der Waals surface area contributed by atoms with Gasteiger partial charge in [-0.15, -0.1) is 0 Å². The van der Waals surface area contributed by atoms with Crippen molar-refractivity contribution >= 4 is 17.4 Å². The standard InChI is InChI=1S/C26H24FN3O6/c1-34-10-4-9-30-15-18(11-17(14-28)26(30)33)25(32)22-13-21(35-2)7-8-23(22)36-16-24(31)29-20-6-3-5-19(27)12-20/h3,5-8,11-13,15H,4,9-10,16H2,1-2H3,(H,29,31). The summed E-state index contributed by atoms with van der Waals surface area (Å²) in [6.07, 6.45) is 1.88. The molecule has 0 radical (unpaired) electrons. The van der Waals surface area contributed by atoms with Crippen molar-refractivity contribution < 1.29 is 28.2 Å². The highest BCUT2D eigenvalue weighted by Crippen LogP contribution is 2.27. The summed E-state index contributed by atoms with van der Waals surface area (Å²) in [6, 6.07) is 12.9. The smallest absolute Gasteiger partial charge is 0.268 e. The van der Waals surface area contributed by atoms with Gasteiger partial charge in [0.15, 0.2) is 12.4 Å². The first-order chi connectivity index (χ1) is 17.4.